The van der Waals surface area contributed by atoms with Gasteiger partial charge in [-0.15, -0.1) is 0 Å². The van der Waals surface area contributed by atoms with Gasteiger partial charge < -0.3 is 10.1 Å². The number of ether oxygens (including phenoxy) is 1. The largest absolute Gasteiger partial charge is 0.494 e. The van der Waals surface area contributed by atoms with Gasteiger partial charge in [0.2, 0.25) is 0 Å². The Kier molecular flexibility index (Phi) is 8.32. The molecule has 102 valence electrons. The Balaban J connectivity index is 1.84. The third kappa shape index (κ3) is 8.13. The van der Waals surface area contributed by atoms with Gasteiger partial charge in [0.15, 0.2) is 0 Å². The van der Waals surface area contributed by atoms with Gasteiger partial charge >= 0.3 is 0 Å². The molecule has 2 heteroatoms. The van der Waals surface area contributed by atoms with Crippen molar-refractivity contribution in [1.82, 2.24) is 5.32 Å². The highest BCUT2D eigenvalue weighted by molar-refractivity contribution is 5.20. The molecule has 0 saturated heterocycles. The molecule has 0 heterocycles. The first kappa shape index (κ1) is 15.0. The molecule has 0 aromatic heterocycles. The molecule has 0 aliphatic rings. The van der Waals surface area contributed by atoms with Crippen LogP contribution in [0.5, 0.6) is 5.75 Å². The molecule has 1 rings (SSSR count). The summed E-state index contributed by atoms with van der Waals surface area (Å²) < 4.78 is 5.65. The molecule has 0 spiro atoms. The lowest BCUT2D eigenvalue weighted by molar-refractivity contribution is 0.304. The number of hydrogen-bond acceptors (Lipinski definition) is 2. The minimum Gasteiger partial charge on any atom is -0.494 e. The smallest absolute Gasteiger partial charge is 0.119 e. The Morgan fingerprint density at radius 2 is 1.72 bits per heavy atom. The van der Waals surface area contributed by atoms with Gasteiger partial charge in [-0.3, -0.25) is 0 Å². The number of unbranched alkanes of at least 4 members (excludes halogenated alkanes) is 3. The molecule has 0 saturated carbocycles. The van der Waals surface area contributed by atoms with Crippen molar-refractivity contribution in [3.63, 3.8) is 0 Å². The molecular weight excluding hydrogens is 222 g/mol. The highest BCUT2D eigenvalue weighted by Crippen LogP contribution is 2.09. The average Bonchev–Trinajstić information content (AvgIpc) is 2.37. The fraction of sp³-hybridized carbons (Fsp3) is 0.625. The van der Waals surface area contributed by atoms with Crippen LogP contribution in [0.2, 0.25) is 0 Å². The topological polar surface area (TPSA) is 21.3 Å². The van der Waals surface area contributed by atoms with Gasteiger partial charge in [0.25, 0.3) is 0 Å². The summed E-state index contributed by atoms with van der Waals surface area (Å²) in [5.41, 5.74) is 0. The minimum absolute atomic E-state index is 0.754. The molecule has 0 atom stereocenters. The van der Waals surface area contributed by atoms with E-state index in [-0.39, 0.29) is 0 Å². The molecule has 0 aliphatic carbocycles. The molecular formula is C16H27NO. The van der Waals surface area contributed by atoms with Crippen LogP contribution in [0, 0.1) is 5.92 Å². The molecule has 0 fully saturated rings. The third-order valence-electron chi connectivity index (χ3n) is 2.81. The zero-order chi connectivity index (χ0) is 13.1. The van der Waals surface area contributed by atoms with Crippen LogP contribution in [-0.4, -0.2) is 19.7 Å². The van der Waals surface area contributed by atoms with Gasteiger partial charge in [0, 0.05) is 0 Å². The third-order valence-corrected chi connectivity index (χ3v) is 2.81. The van der Waals surface area contributed by atoms with Crippen molar-refractivity contribution >= 4 is 0 Å². The van der Waals surface area contributed by atoms with Crippen molar-refractivity contribution in [3.05, 3.63) is 30.3 Å². The monoisotopic (exact) mass is 249 g/mol. The lowest BCUT2D eigenvalue weighted by Crippen LogP contribution is -2.20. The van der Waals surface area contributed by atoms with E-state index < -0.39 is 0 Å². The second-order valence-electron chi connectivity index (χ2n) is 5.17. The van der Waals surface area contributed by atoms with E-state index in [4.69, 9.17) is 4.74 Å². The van der Waals surface area contributed by atoms with Crippen LogP contribution in [0.4, 0.5) is 0 Å². The van der Waals surface area contributed by atoms with Gasteiger partial charge in [0.05, 0.1) is 6.61 Å². The summed E-state index contributed by atoms with van der Waals surface area (Å²) in [5.74, 6) is 1.74. The number of hydrogen-bond donors (Lipinski definition) is 1. The van der Waals surface area contributed by atoms with Gasteiger partial charge in [-0.25, -0.2) is 0 Å². The minimum atomic E-state index is 0.754. The molecule has 2 nitrogen and oxygen atoms in total. The Bertz CT molecular complexity index is 284. The first-order valence-electron chi connectivity index (χ1n) is 7.17. The number of benzene rings is 1. The Labute approximate surface area is 112 Å². The zero-order valence-corrected chi connectivity index (χ0v) is 11.8. The van der Waals surface area contributed by atoms with Crippen LogP contribution in [0.15, 0.2) is 30.3 Å². The molecule has 1 N–H and O–H groups in total. The number of nitrogens with one attached hydrogen (secondary N) is 1. The normalized spacial score (nSPS) is 10.8. The molecule has 1 aromatic rings. The summed E-state index contributed by atoms with van der Waals surface area (Å²) in [5, 5.41) is 3.47. The van der Waals surface area contributed by atoms with Gasteiger partial charge in [-0.1, -0.05) is 44.9 Å². The fourth-order valence-corrected chi connectivity index (χ4v) is 1.80. The van der Waals surface area contributed by atoms with Gasteiger partial charge in [-0.2, -0.15) is 0 Å². The van der Waals surface area contributed by atoms with Gasteiger partial charge in [-0.05, 0) is 44.0 Å². The highest BCUT2D eigenvalue weighted by Gasteiger charge is 1.94. The van der Waals surface area contributed by atoms with E-state index in [1.54, 1.807) is 0 Å². The maximum absolute atomic E-state index is 5.65. The number of para-hydroxylation sites is 1. The summed E-state index contributed by atoms with van der Waals surface area (Å²) in [4.78, 5) is 0. The van der Waals surface area contributed by atoms with Crippen molar-refractivity contribution in [2.75, 3.05) is 19.7 Å². The Morgan fingerprint density at radius 3 is 2.44 bits per heavy atom. The van der Waals surface area contributed by atoms with E-state index in [9.17, 15) is 0 Å². The van der Waals surface area contributed by atoms with Crippen LogP contribution >= 0.6 is 0 Å². The highest BCUT2D eigenvalue weighted by atomic mass is 16.5. The maximum Gasteiger partial charge on any atom is 0.119 e. The maximum atomic E-state index is 5.65. The lowest BCUT2D eigenvalue weighted by Gasteiger charge is -2.07. The summed E-state index contributed by atoms with van der Waals surface area (Å²) in [6.45, 7) is 7.61. The van der Waals surface area contributed by atoms with Crippen molar-refractivity contribution in [3.8, 4) is 5.75 Å². The van der Waals surface area contributed by atoms with E-state index in [0.29, 0.717) is 0 Å². The van der Waals surface area contributed by atoms with Crippen LogP contribution in [0.1, 0.15) is 39.5 Å². The summed E-state index contributed by atoms with van der Waals surface area (Å²) in [7, 11) is 0. The molecule has 0 unspecified atom stereocenters. The van der Waals surface area contributed by atoms with Crippen molar-refractivity contribution in [1.29, 1.82) is 0 Å². The van der Waals surface area contributed by atoms with Crippen molar-refractivity contribution in [2.45, 2.75) is 39.5 Å². The first-order valence-corrected chi connectivity index (χ1v) is 7.17. The molecule has 18 heavy (non-hydrogen) atoms. The average molecular weight is 249 g/mol. The first-order chi connectivity index (χ1) is 8.79. The molecule has 0 amide bonds. The summed E-state index contributed by atoms with van der Waals surface area (Å²) in [6, 6.07) is 10.0. The molecule has 1 aromatic carbocycles. The SMILES string of the molecule is CC(C)CNCCCCCCOc1ccccc1. The van der Waals surface area contributed by atoms with Crippen LogP contribution in [0.3, 0.4) is 0 Å². The van der Waals surface area contributed by atoms with Crippen LogP contribution < -0.4 is 10.1 Å². The van der Waals surface area contributed by atoms with E-state index in [1.165, 1.54) is 19.3 Å². The predicted molar refractivity (Wildman–Crippen MR) is 78.1 cm³/mol. The van der Waals surface area contributed by atoms with Crippen molar-refractivity contribution in [2.24, 2.45) is 5.92 Å². The van der Waals surface area contributed by atoms with Gasteiger partial charge in [0.1, 0.15) is 5.75 Å². The standard InChI is InChI=1S/C16H27NO/c1-15(2)14-17-12-8-3-4-9-13-18-16-10-6-5-7-11-16/h5-7,10-11,15,17H,3-4,8-9,12-14H2,1-2H3. The Morgan fingerprint density at radius 1 is 1.00 bits per heavy atom. The van der Waals surface area contributed by atoms with E-state index in [0.717, 1.165) is 37.8 Å². The predicted octanol–water partition coefficient (Wildman–Crippen LogP) is 3.87. The van der Waals surface area contributed by atoms with Crippen molar-refractivity contribution < 1.29 is 4.74 Å². The molecule has 0 bridgehead atoms. The summed E-state index contributed by atoms with van der Waals surface area (Å²) in [6.07, 6.45) is 4.98. The van der Waals surface area contributed by atoms with E-state index in [1.807, 2.05) is 30.3 Å². The zero-order valence-electron chi connectivity index (χ0n) is 11.8. The second-order valence-corrected chi connectivity index (χ2v) is 5.17. The molecule has 0 aliphatic heterocycles. The Hall–Kier alpha value is -1.02. The second kappa shape index (κ2) is 9.95. The summed E-state index contributed by atoms with van der Waals surface area (Å²) >= 11 is 0. The van der Waals surface area contributed by atoms with Crippen LogP contribution in [0.25, 0.3) is 0 Å². The quantitative estimate of drug-likeness (QED) is 0.636. The fourth-order valence-electron chi connectivity index (χ4n) is 1.80. The van der Waals surface area contributed by atoms with E-state index in [2.05, 4.69) is 19.2 Å². The van der Waals surface area contributed by atoms with E-state index >= 15 is 0 Å². The number of rotatable bonds is 10. The van der Waals surface area contributed by atoms with Crippen LogP contribution in [-0.2, 0) is 0 Å². The molecule has 0 radical (unpaired) electrons. The lowest BCUT2D eigenvalue weighted by atomic mass is 10.2.